The summed E-state index contributed by atoms with van der Waals surface area (Å²) in [5.41, 5.74) is 0. The van der Waals surface area contributed by atoms with Crippen LogP contribution in [-0.2, 0) is 0 Å². The first-order valence-electron chi connectivity index (χ1n) is 6.13. The number of hydrogen-bond donors (Lipinski definition) is 1. The van der Waals surface area contributed by atoms with Crippen LogP contribution in [-0.4, -0.2) is 49.6 Å². The van der Waals surface area contributed by atoms with E-state index in [1.54, 1.807) is 0 Å². The summed E-state index contributed by atoms with van der Waals surface area (Å²) < 4.78 is 0. The Bertz CT molecular complexity index is 129. The molecule has 0 aromatic carbocycles. The molecule has 0 rings (SSSR count). The quantitative estimate of drug-likeness (QED) is 0.582. The van der Waals surface area contributed by atoms with Gasteiger partial charge in [0, 0.05) is 13.1 Å². The first kappa shape index (κ1) is 15.3. The molecule has 0 radical (unpaired) electrons. The molecule has 0 aliphatic rings. The molecule has 0 unspecified atom stereocenters. The normalized spacial score (nSPS) is 11.6. The standard InChI is InChI=1S/C12H28N2S/c1-5-15-10-6-8-14(4)9-7-13-11-12(2)3/h12-13H,5-11H2,1-4H3. The van der Waals surface area contributed by atoms with Gasteiger partial charge in [0.2, 0.25) is 0 Å². The zero-order valence-corrected chi connectivity index (χ0v) is 11.7. The molecule has 0 saturated heterocycles. The van der Waals surface area contributed by atoms with Crippen molar-refractivity contribution in [2.45, 2.75) is 27.2 Å². The molecule has 0 aliphatic carbocycles. The van der Waals surface area contributed by atoms with Crippen molar-refractivity contribution < 1.29 is 0 Å². The predicted molar refractivity (Wildman–Crippen MR) is 72.8 cm³/mol. The van der Waals surface area contributed by atoms with Gasteiger partial charge in [0.15, 0.2) is 0 Å². The maximum atomic E-state index is 3.47. The second-order valence-corrected chi connectivity index (χ2v) is 5.85. The van der Waals surface area contributed by atoms with Crippen LogP contribution in [0.15, 0.2) is 0 Å². The maximum Gasteiger partial charge on any atom is 0.0104 e. The third-order valence-electron chi connectivity index (χ3n) is 2.26. The van der Waals surface area contributed by atoms with Crippen molar-refractivity contribution >= 4 is 11.8 Å². The Kier molecular flexibility index (Phi) is 11.0. The van der Waals surface area contributed by atoms with Crippen LogP contribution >= 0.6 is 11.8 Å². The molecule has 0 heterocycles. The van der Waals surface area contributed by atoms with Crippen molar-refractivity contribution in [1.29, 1.82) is 0 Å². The molecule has 0 bridgehead atoms. The Morgan fingerprint density at radius 3 is 2.60 bits per heavy atom. The summed E-state index contributed by atoms with van der Waals surface area (Å²) in [5, 5.41) is 3.47. The highest BCUT2D eigenvalue weighted by atomic mass is 32.2. The Hall–Kier alpha value is 0.270. The largest absolute Gasteiger partial charge is 0.315 e. The van der Waals surface area contributed by atoms with Crippen molar-refractivity contribution in [3.05, 3.63) is 0 Å². The highest BCUT2D eigenvalue weighted by Gasteiger charge is 1.98. The summed E-state index contributed by atoms with van der Waals surface area (Å²) in [4.78, 5) is 2.42. The summed E-state index contributed by atoms with van der Waals surface area (Å²) in [7, 11) is 2.22. The summed E-state index contributed by atoms with van der Waals surface area (Å²) in [6, 6.07) is 0. The monoisotopic (exact) mass is 232 g/mol. The van der Waals surface area contributed by atoms with Crippen LogP contribution in [0.1, 0.15) is 27.2 Å². The molecule has 3 heteroatoms. The van der Waals surface area contributed by atoms with Crippen molar-refractivity contribution in [2.24, 2.45) is 5.92 Å². The molecule has 0 fully saturated rings. The fourth-order valence-electron chi connectivity index (χ4n) is 1.35. The SMILES string of the molecule is CCSCCCN(C)CCNCC(C)C. The topological polar surface area (TPSA) is 15.3 Å². The Morgan fingerprint density at radius 2 is 2.00 bits per heavy atom. The molecule has 2 nitrogen and oxygen atoms in total. The number of likely N-dealkylation sites (N-methyl/N-ethyl adjacent to an activating group) is 1. The van der Waals surface area contributed by atoms with E-state index in [0.717, 1.165) is 19.0 Å². The molecule has 0 aromatic rings. The first-order valence-corrected chi connectivity index (χ1v) is 7.29. The van der Waals surface area contributed by atoms with E-state index in [1.807, 2.05) is 11.8 Å². The number of hydrogen-bond acceptors (Lipinski definition) is 3. The molecule has 92 valence electrons. The van der Waals surface area contributed by atoms with Crippen LogP contribution in [0.2, 0.25) is 0 Å². The molecule has 0 atom stereocenters. The van der Waals surface area contributed by atoms with Crippen LogP contribution in [0.25, 0.3) is 0 Å². The van der Waals surface area contributed by atoms with E-state index < -0.39 is 0 Å². The molecule has 1 N–H and O–H groups in total. The van der Waals surface area contributed by atoms with Crippen LogP contribution in [0.3, 0.4) is 0 Å². The fraction of sp³-hybridized carbons (Fsp3) is 1.00. The lowest BCUT2D eigenvalue weighted by Gasteiger charge is -2.17. The van der Waals surface area contributed by atoms with Crippen molar-refractivity contribution in [1.82, 2.24) is 10.2 Å². The van der Waals surface area contributed by atoms with Crippen molar-refractivity contribution in [3.8, 4) is 0 Å². The molecular formula is C12H28N2S. The smallest absolute Gasteiger partial charge is 0.0104 e. The van der Waals surface area contributed by atoms with Gasteiger partial charge in [0.05, 0.1) is 0 Å². The van der Waals surface area contributed by atoms with Gasteiger partial charge in [-0.1, -0.05) is 20.8 Å². The molecule has 0 saturated carbocycles. The Labute approximate surface area is 100 Å². The zero-order chi connectivity index (χ0) is 11.5. The predicted octanol–water partition coefficient (Wildman–Crippen LogP) is 2.31. The van der Waals surface area contributed by atoms with Crippen molar-refractivity contribution in [2.75, 3.05) is 44.7 Å². The summed E-state index contributed by atoms with van der Waals surface area (Å²) in [5.74, 6) is 3.32. The maximum absolute atomic E-state index is 3.47. The lowest BCUT2D eigenvalue weighted by atomic mass is 10.2. The van der Waals surface area contributed by atoms with Gasteiger partial charge in [-0.2, -0.15) is 11.8 Å². The van der Waals surface area contributed by atoms with E-state index in [0.29, 0.717) is 0 Å². The van der Waals surface area contributed by atoms with Gasteiger partial charge in [-0.15, -0.1) is 0 Å². The number of nitrogens with zero attached hydrogens (tertiary/aromatic N) is 1. The van der Waals surface area contributed by atoms with Gasteiger partial charge in [-0.3, -0.25) is 0 Å². The average molecular weight is 232 g/mol. The van der Waals surface area contributed by atoms with Crippen LogP contribution < -0.4 is 5.32 Å². The molecular weight excluding hydrogens is 204 g/mol. The van der Waals surface area contributed by atoms with Gasteiger partial charge in [-0.25, -0.2) is 0 Å². The van der Waals surface area contributed by atoms with E-state index in [2.05, 4.69) is 38.0 Å². The zero-order valence-electron chi connectivity index (χ0n) is 10.9. The van der Waals surface area contributed by atoms with E-state index in [1.165, 1.54) is 31.0 Å². The highest BCUT2D eigenvalue weighted by molar-refractivity contribution is 7.99. The van der Waals surface area contributed by atoms with E-state index in [9.17, 15) is 0 Å². The van der Waals surface area contributed by atoms with E-state index in [4.69, 9.17) is 0 Å². The first-order chi connectivity index (χ1) is 7.16. The van der Waals surface area contributed by atoms with Gasteiger partial charge in [0.1, 0.15) is 0 Å². The molecule has 0 aromatic heterocycles. The lowest BCUT2D eigenvalue weighted by molar-refractivity contribution is 0.330. The number of thioether (sulfide) groups is 1. The fourth-order valence-corrected chi connectivity index (χ4v) is 1.98. The minimum absolute atomic E-state index is 0.760. The van der Waals surface area contributed by atoms with E-state index in [-0.39, 0.29) is 0 Å². The third kappa shape index (κ3) is 12.2. The highest BCUT2D eigenvalue weighted by Crippen LogP contribution is 2.01. The van der Waals surface area contributed by atoms with Gasteiger partial charge < -0.3 is 10.2 Å². The van der Waals surface area contributed by atoms with Crippen molar-refractivity contribution in [3.63, 3.8) is 0 Å². The average Bonchev–Trinajstić information content (AvgIpc) is 2.19. The molecule has 0 amide bonds. The van der Waals surface area contributed by atoms with Crippen LogP contribution in [0, 0.1) is 5.92 Å². The molecule has 0 aliphatic heterocycles. The minimum atomic E-state index is 0.760. The van der Waals surface area contributed by atoms with E-state index >= 15 is 0 Å². The second-order valence-electron chi connectivity index (χ2n) is 4.45. The Morgan fingerprint density at radius 1 is 1.27 bits per heavy atom. The third-order valence-corrected chi connectivity index (χ3v) is 3.24. The van der Waals surface area contributed by atoms with Crippen LogP contribution in [0.4, 0.5) is 0 Å². The minimum Gasteiger partial charge on any atom is -0.315 e. The Balaban J connectivity index is 3.15. The summed E-state index contributed by atoms with van der Waals surface area (Å²) in [6.07, 6.45) is 1.32. The van der Waals surface area contributed by atoms with Crippen LogP contribution in [0.5, 0.6) is 0 Å². The summed E-state index contributed by atoms with van der Waals surface area (Å²) in [6.45, 7) is 11.4. The molecule has 0 spiro atoms. The lowest BCUT2D eigenvalue weighted by Crippen LogP contribution is -2.31. The van der Waals surface area contributed by atoms with Gasteiger partial charge >= 0.3 is 0 Å². The molecule has 15 heavy (non-hydrogen) atoms. The number of nitrogens with one attached hydrogen (secondary N) is 1. The summed E-state index contributed by atoms with van der Waals surface area (Å²) >= 11 is 2.04. The number of rotatable bonds is 10. The van der Waals surface area contributed by atoms with Gasteiger partial charge in [-0.05, 0) is 44.0 Å². The van der Waals surface area contributed by atoms with Gasteiger partial charge in [0.25, 0.3) is 0 Å². The second kappa shape index (κ2) is 10.8.